The van der Waals surface area contributed by atoms with Crippen LogP contribution in [0.25, 0.3) is 0 Å². The molecule has 1 atom stereocenters. The SMILES string of the molecule is CCOC(=O)C(C#N)C(=NC(N)=O)N1CCc2ccccc2CC1. The summed E-state index contributed by atoms with van der Waals surface area (Å²) in [7, 11) is 0. The van der Waals surface area contributed by atoms with Crippen molar-refractivity contribution in [1.29, 1.82) is 5.26 Å². The summed E-state index contributed by atoms with van der Waals surface area (Å²) in [4.78, 5) is 28.9. The topological polar surface area (TPSA) is 109 Å². The minimum absolute atomic E-state index is 0.0660. The maximum atomic E-state index is 12.0. The lowest BCUT2D eigenvalue weighted by molar-refractivity contribution is -0.144. The van der Waals surface area contributed by atoms with Crippen LogP contribution in [-0.4, -0.2) is 42.4 Å². The van der Waals surface area contributed by atoms with Gasteiger partial charge in [-0.15, -0.1) is 0 Å². The normalized spacial score (nSPS) is 15.7. The fourth-order valence-corrected chi connectivity index (χ4v) is 2.77. The van der Waals surface area contributed by atoms with E-state index in [4.69, 9.17) is 10.5 Å². The van der Waals surface area contributed by atoms with Crippen molar-refractivity contribution in [2.45, 2.75) is 19.8 Å². The van der Waals surface area contributed by atoms with Crippen LogP contribution in [0.15, 0.2) is 29.3 Å². The molecule has 2 rings (SSSR count). The number of fused-ring (bicyclic) bond motifs is 1. The molecule has 1 heterocycles. The molecule has 1 aromatic rings. The van der Waals surface area contributed by atoms with Gasteiger partial charge in [-0.05, 0) is 30.9 Å². The number of nitrogens with zero attached hydrogens (tertiary/aromatic N) is 3. The molecular weight excluding hydrogens is 308 g/mol. The van der Waals surface area contributed by atoms with Gasteiger partial charge in [0.2, 0.25) is 5.92 Å². The zero-order valence-electron chi connectivity index (χ0n) is 13.6. The van der Waals surface area contributed by atoms with Gasteiger partial charge in [0.25, 0.3) is 0 Å². The number of nitriles is 1. The Hall–Kier alpha value is -2.88. The van der Waals surface area contributed by atoms with Crippen molar-refractivity contribution < 1.29 is 14.3 Å². The maximum absolute atomic E-state index is 12.0. The molecule has 24 heavy (non-hydrogen) atoms. The van der Waals surface area contributed by atoms with Crippen LogP contribution < -0.4 is 5.73 Å². The number of hydrogen-bond donors (Lipinski definition) is 1. The van der Waals surface area contributed by atoms with E-state index in [-0.39, 0.29) is 12.4 Å². The van der Waals surface area contributed by atoms with Gasteiger partial charge in [0, 0.05) is 13.1 Å². The minimum atomic E-state index is -1.27. The molecule has 0 aliphatic carbocycles. The quantitative estimate of drug-likeness (QED) is 0.510. The van der Waals surface area contributed by atoms with Crippen LogP contribution >= 0.6 is 0 Å². The summed E-state index contributed by atoms with van der Waals surface area (Å²) in [5.41, 5.74) is 7.60. The van der Waals surface area contributed by atoms with E-state index in [0.717, 1.165) is 12.8 Å². The van der Waals surface area contributed by atoms with Crippen LogP contribution in [0.2, 0.25) is 0 Å². The Morgan fingerprint density at radius 2 is 1.92 bits per heavy atom. The average molecular weight is 328 g/mol. The fourth-order valence-electron chi connectivity index (χ4n) is 2.77. The Morgan fingerprint density at radius 1 is 1.33 bits per heavy atom. The van der Waals surface area contributed by atoms with Crippen LogP contribution in [-0.2, 0) is 22.4 Å². The number of amidine groups is 1. The van der Waals surface area contributed by atoms with Gasteiger partial charge in [0.05, 0.1) is 12.7 Å². The van der Waals surface area contributed by atoms with Gasteiger partial charge in [-0.25, -0.2) is 4.79 Å². The van der Waals surface area contributed by atoms with Crippen molar-refractivity contribution >= 4 is 17.8 Å². The minimum Gasteiger partial charge on any atom is -0.465 e. The Morgan fingerprint density at radius 3 is 2.38 bits per heavy atom. The number of urea groups is 1. The molecule has 1 aliphatic rings. The summed E-state index contributed by atoms with van der Waals surface area (Å²) in [6.07, 6.45) is 1.46. The predicted molar refractivity (Wildman–Crippen MR) is 88.2 cm³/mol. The molecule has 0 saturated carbocycles. The number of benzene rings is 1. The molecule has 0 bridgehead atoms. The second-order valence-corrected chi connectivity index (χ2v) is 5.38. The lowest BCUT2D eigenvalue weighted by Crippen LogP contribution is -2.42. The summed E-state index contributed by atoms with van der Waals surface area (Å²) in [5, 5.41) is 9.37. The van der Waals surface area contributed by atoms with Crippen molar-refractivity contribution in [2.24, 2.45) is 16.6 Å². The number of nitrogens with two attached hydrogens (primary N) is 1. The molecule has 1 unspecified atom stereocenters. The third-order valence-corrected chi connectivity index (χ3v) is 3.88. The zero-order chi connectivity index (χ0) is 17.5. The first-order chi connectivity index (χ1) is 11.6. The van der Waals surface area contributed by atoms with Crippen molar-refractivity contribution in [3.05, 3.63) is 35.4 Å². The van der Waals surface area contributed by atoms with Crippen LogP contribution in [0, 0.1) is 17.2 Å². The zero-order valence-corrected chi connectivity index (χ0v) is 13.6. The lowest BCUT2D eigenvalue weighted by atomic mass is 10.0. The summed E-state index contributed by atoms with van der Waals surface area (Å²) in [6.45, 7) is 2.88. The summed E-state index contributed by atoms with van der Waals surface area (Å²) >= 11 is 0. The van der Waals surface area contributed by atoms with E-state index in [1.54, 1.807) is 11.8 Å². The number of primary amides is 1. The first-order valence-electron chi connectivity index (χ1n) is 7.82. The Labute approximate surface area is 140 Å². The van der Waals surface area contributed by atoms with Crippen molar-refractivity contribution in [1.82, 2.24) is 4.90 Å². The number of ether oxygens (including phenoxy) is 1. The van der Waals surface area contributed by atoms with E-state index in [9.17, 15) is 14.9 Å². The monoisotopic (exact) mass is 328 g/mol. The Kier molecular flexibility index (Phi) is 5.90. The first kappa shape index (κ1) is 17.5. The van der Waals surface area contributed by atoms with Crippen LogP contribution in [0.4, 0.5) is 4.79 Å². The maximum Gasteiger partial charge on any atom is 0.340 e. The molecule has 126 valence electrons. The predicted octanol–water partition coefficient (Wildman–Crippen LogP) is 1.27. The summed E-state index contributed by atoms with van der Waals surface area (Å²) < 4.78 is 4.92. The van der Waals surface area contributed by atoms with Crippen LogP contribution in [0.5, 0.6) is 0 Å². The largest absolute Gasteiger partial charge is 0.465 e. The summed E-state index contributed by atoms with van der Waals surface area (Å²) in [6, 6.07) is 9.00. The van der Waals surface area contributed by atoms with Gasteiger partial charge in [0.1, 0.15) is 5.84 Å². The summed E-state index contributed by atoms with van der Waals surface area (Å²) in [5.74, 6) is -1.92. The van der Waals surface area contributed by atoms with Gasteiger partial charge in [-0.3, -0.25) is 4.79 Å². The second-order valence-electron chi connectivity index (χ2n) is 5.38. The molecule has 0 saturated heterocycles. The molecule has 7 nitrogen and oxygen atoms in total. The average Bonchev–Trinajstić information content (AvgIpc) is 2.77. The molecule has 2 N–H and O–H groups in total. The van der Waals surface area contributed by atoms with Gasteiger partial charge in [0.15, 0.2) is 0 Å². The van der Waals surface area contributed by atoms with E-state index in [1.165, 1.54) is 11.1 Å². The second kappa shape index (κ2) is 8.11. The molecular formula is C17H20N4O3. The molecule has 0 fully saturated rings. The molecule has 0 aromatic heterocycles. The lowest BCUT2D eigenvalue weighted by Gasteiger charge is -2.25. The highest BCUT2D eigenvalue weighted by molar-refractivity contribution is 6.07. The molecule has 7 heteroatoms. The standard InChI is InChI=1S/C17H20N4O3/c1-2-24-16(22)14(11-18)15(20-17(19)23)21-9-7-12-5-3-4-6-13(12)8-10-21/h3-6,14H,2,7-10H2,1H3,(H2,19,23). The third-order valence-electron chi connectivity index (χ3n) is 3.88. The fraction of sp³-hybridized carbons (Fsp3) is 0.412. The van der Waals surface area contributed by atoms with Crippen molar-refractivity contribution in [3.63, 3.8) is 0 Å². The number of esters is 1. The number of amides is 2. The molecule has 1 aromatic carbocycles. The van der Waals surface area contributed by atoms with Gasteiger partial charge < -0.3 is 15.4 Å². The third kappa shape index (κ3) is 4.10. The molecule has 0 spiro atoms. The highest BCUT2D eigenvalue weighted by Crippen LogP contribution is 2.18. The first-order valence-corrected chi connectivity index (χ1v) is 7.82. The Bertz CT molecular complexity index is 666. The van der Waals surface area contributed by atoms with E-state index in [2.05, 4.69) is 17.1 Å². The van der Waals surface area contributed by atoms with Gasteiger partial charge >= 0.3 is 12.0 Å². The number of carbonyl (C=O) groups is 2. The number of carbonyl (C=O) groups excluding carboxylic acids is 2. The number of aliphatic imine (C=N–C) groups is 1. The van der Waals surface area contributed by atoms with Crippen LogP contribution in [0.1, 0.15) is 18.1 Å². The van der Waals surface area contributed by atoms with E-state index in [1.807, 2.05) is 18.2 Å². The highest BCUT2D eigenvalue weighted by atomic mass is 16.5. The van der Waals surface area contributed by atoms with Crippen molar-refractivity contribution in [3.8, 4) is 6.07 Å². The Balaban J connectivity index is 2.28. The van der Waals surface area contributed by atoms with E-state index < -0.39 is 17.9 Å². The molecule has 2 amide bonds. The highest BCUT2D eigenvalue weighted by Gasteiger charge is 2.31. The molecule has 1 aliphatic heterocycles. The van der Waals surface area contributed by atoms with Gasteiger partial charge in [-0.1, -0.05) is 24.3 Å². The van der Waals surface area contributed by atoms with Gasteiger partial charge in [-0.2, -0.15) is 10.3 Å². The number of hydrogen-bond acceptors (Lipinski definition) is 4. The molecule has 0 radical (unpaired) electrons. The number of rotatable bonds is 3. The van der Waals surface area contributed by atoms with Crippen molar-refractivity contribution in [2.75, 3.05) is 19.7 Å². The smallest absolute Gasteiger partial charge is 0.340 e. The van der Waals surface area contributed by atoms with E-state index in [0.29, 0.717) is 13.1 Å². The van der Waals surface area contributed by atoms with Crippen LogP contribution in [0.3, 0.4) is 0 Å². The van der Waals surface area contributed by atoms with E-state index >= 15 is 0 Å².